The third-order valence-electron chi connectivity index (χ3n) is 1.99. The molecule has 0 bridgehead atoms. The molecule has 0 aromatic heterocycles. The molecule has 0 saturated heterocycles. The smallest absolute Gasteiger partial charge is 0.406 e. The molecule has 2 nitrogen and oxygen atoms in total. The number of hydrogen-bond acceptors (Lipinski definition) is 2. The minimum Gasteiger partial charge on any atom is -0.406 e. The summed E-state index contributed by atoms with van der Waals surface area (Å²) in [5.41, 5.74) is 2.29. The van der Waals surface area contributed by atoms with Crippen molar-refractivity contribution in [2.75, 3.05) is 0 Å². The van der Waals surface area contributed by atoms with E-state index in [0.717, 1.165) is 5.57 Å². The Labute approximate surface area is 110 Å². The number of ether oxygens (including phenoxy) is 1. The van der Waals surface area contributed by atoms with E-state index >= 15 is 0 Å². The Morgan fingerprint density at radius 3 is 1.89 bits per heavy atom. The minimum atomic E-state index is -4.67. The van der Waals surface area contributed by atoms with E-state index in [0.29, 0.717) is 11.3 Å². The Morgan fingerprint density at radius 1 is 1.11 bits per heavy atom. The quantitative estimate of drug-likeness (QED) is 0.569. The third kappa shape index (κ3) is 5.90. The van der Waals surface area contributed by atoms with Crippen LogP contribution in [0.5, 0.6) is 5.75 Å². The predicted octanol–water partition coefficient (Wildman–Crippen LogP) is 4.84. The molecule has 1 aromatic carbocycles. The highest BCUT2D eigenvalue weighted by Gasteiger charge is 2.30. The highest BCUT2D eigenvalue weighted by Crippen LogP contribution is 2.26. The lowest BCUT2D eigenvalue weighted by Gasteiger charge is -2.09. The molecule has 0 spiro atoms. The van der Waals surface area contributed by atoms with Gasteiger partial charge >= 0.3 is 6.36 Å². The summed E-state index contributed by atoms with van der Waals surface area (Å²) in [5, 5.41) is 0. The van der Waals surface area contributed by atoms with E-state index in [4.69, 9.17) is 0 Å². The molecular weight excluding hydrogens is 255 g/mol. The first-order valence-corrected chi connectivity index (χ1v) is 5.34. The van der Waals surface area contributed by atoms with Gasteiger partial charge in [-0.2, -0.15) is 0 Å². The molecule has 0 amide bonds. The molecule has 1 aromatic rings. The van der Waals surface area contributed by atoms with Crippen LogP contribution in [0.25, 0.3) is 5.70 Å². The second kappa shape index (κ2) is 7.41. The average molecular weight is 271 g/mol. The standard InChI is InChI=1S/C12H12F3NO.C2H4/c1-8(2)11(16-3)9-4-6-10(7-5-9)17-12(13,14)15;1-2/h4-7H,3H2,1-2H3;1-2H2. The van der Waals surface area contributed by atoms with Gasteiger partial charge in [0.1, 0.15) is 5.75 Å². The summed E-state index contributed by atoms with van der Waals surface area (Å²) in [6, 6.07) is 5.52. The van der Waals surface area contributed by atoms with Crippen LogP contribution >= 0.6 is 0 Å². The van der Waals surface area contributed by atoms with Gasteiger partial charge in [0.15, 0.2) is 0 Å². The number of allylic oxidation sites excluding steroid dienone is 1. The van der Waals surface area contributed by atoms with Crippen LogP contribution in [0.2, 0.25) is 0 Å². The number of benzene rings is 1. The van der Waals surface area contributed by atoms with Crippen molar-refractivity contribution >= 4 is 12.4 Å². The molecule has 19 heavy (non-hydrogen) atoms. The zero-order valence-electron chi connectivity index (χ0n) is 10.9. The topological polar surface area (TPSA) is 21.6 Å². The Balaban J connectivity index is 0.00000154. The van der Waals surface area contributed by atoms with E-state index in [1.807, 2.05) is 13.8 Å². The van der Waals surface area contributed by atoms with Gasteiger partial charge in [-0.25, -0.2) is 0 Å². The van der Waals surface area contributed by atoms with E-state index < -0.39 is 6.36 Å². The first-order valence-electron chi connectivity index (χ1n) is 5.34. The van der Waals surface area contributed by atoms with Gasteiger partial charge in [-0.1, -0.05) is 5.57 Å². The molecule has 0 aliphatic rings. The molecule has 0 aliphatic carbocycles. The lowest BCUT2D eigenvalue weighted by atomic mass is 10.1. The Hall–Kier alpha value is -2.04. The number of aliphatic imine (C=N–C) groups is 1. The molecule has 0 fully saturated rings. The normalized spacial score (nSPS) is 9.95. The summed E-state index contributed by atoms with van der Waals surface area (Å²) in [7, 11) is 0. The van der Waals surface area contributed by atoms with Gasteiger partial charge in [-0.3, -0.25) is 4.99 Å². The van der Waals surface area contributed by atoms with Gasteiger partial charge in [-0.05, 0) is 44.8 Å². The van der Waals surface area contributed by atoms with Crippen molar-refractivity contribution in [3.05, 3.63) is 48.6 Å². The van der Waals surface area contributed by atoms with Gasteiger partial charge in [-0.15, -0.1) is 26.3 Å². The van der Waals surface area contributed by atoms with Crippen molar-refractivity contribution in [3.8, 4) is 5.75 Å². The van der Waals surface area contributed by atoms with Crippen LogP contribution < -0.4 is 4.74 Å². The Morgan fingerprint density at radius 2 is 1.58 bits per heavy atom. The molecule has 5 heteroatoms. The molecule has 104 valence electrons. The lowest BCUT2D eigenvalue weighted by molar-refractivity contribution is -0.274. The molecule has 0 saturated carbocycles. The minimum absolute atomic E-state index is 0.251. The fourth-order valence-corrected chi connectivity index (χ4v) is 1.35. The van der Waals surface area contributed by atoms with Gasteiger partial charge in [0.25, 0.3) is 0 Å². The Kier molecular flexibility index (Phi) is 6.61. The summed E-state index contributed by atoms with van der Waals surface area (Å²) >= 11 is 0. The van der Waals surface area contributed by atoms with Crippen LogP contribution in [0.1, 0.15) is 19.4 Å². The van der Waals surface area contributed by atoms with Crippen molar-refractivity contribution in [1.29, 1.82) is 0 Å². The fourth-order valence-electron chi connectivity index (χ4n) is 1.35. The highest BCUT2D eigenvalue weighted by atomic mass is 19.4. The zero-order valence-corrected chi connectivity index (χ0v) is 10.9. The molecule has 0 unspecified atom stereocenters. The van der Waals surface area contributed by atoms with Gasteiger partial charge < -0.3 is 4.74 Å². The van der Waals surface area contributed by atoms with Crippen LogP contribution in [0.3, 0.4) is 0 Å². The SMILES string of the molecule is C=C.C=NC(=C(C)C)c1ccc(OC(F)(F)F)cc1. The second-order valence-corrected chi connectivity index (χ2v) is 3.58. The van der Waals surface area contributed by atoms with E-state index in [9.17, 15) is 13.2 Å². The van der Waals surface area contributed by atoms with E-state index in [2.05, 4.69) is 29.6 Å². The van der Waals surface area contributed by atoms with E-state index in [1.54, 1.807) is 0 Å². The van der Waals surface area contributed by atoms with Crippen molar-refractivity contribution in [2.24, 2.45) is 4.99 Å². The van der Waals surface area contributed by atoms with Crippen LogP contribution in [-0.4, -0.2) is 13.1 Å². The first-order chi connectivity index (χ1) is 8.83. The monoisotopic (exact) mass is 271 g/mol. The van der Waals surface area contributed by atoms with Crippen LogP contribution in [0.15, 0.2) is 48.0 Å². The molecule has 0 heterocycles. The maximum Gasteiger partial charge on any atom is 0.573 e. The number of rotatable bonds is 3. The van der Waals surface area contributed by atoms with Crippen LogP contribution in [-0.2, 0) is 0 Å². The van der Waals surface area contributed by atoms with Crippen LogP contribution in [0, 0.1) is 0 Å². The number of halogens is 3. The molecule has 0 aliphatic heterocycles. The first kappa shape index (κ1) is 17.0. The van der Waals surface area contributed by atoms with E-state index in [-0.39, 0.29) is 5.75 Å². The van der Waals surface area contributed by atoms with E-state index in [1.165, 1.54) is 24.3 Å². The highest BCUT2D eigenvalue weighted by molar-refractivity contribution is 5.70. The summed E-state index contributed by atoms with van der Waals surface area (Å²) in [5.74, 6) is -0.251. The molecule has 0 radical (unpaired) electrons. The lowest BCUT2D eigenvalue weighted by Crippen LogP contribution is -2.16. The number of nitrogens with zero attached hydrogens (tertiary/aromatic N) is 1. The summed E-state index contributed by atoms with van der Waals surface area (Å²) in [6.07, 6.45) is -4.67. The molecule has 0 atom stereocenters. The average Bonchev–Trinajstić information content (AvgIpc) is 2.32. The number of alkyl halides is 3. The number of hydrogen-bond donors (Lipinski definition) is 0. The van der Waals surface area contributed by atoms with Gasteiger partial charge in [0.2, 0.25) is 0 Å². The van der Waals surface area contributed by atoms with Crippen molar-refractivity contribution in [2.45, 2.75) is 20.2 Å². The Bertz CT molecular complexity index is 443. The van der Waals surface area contributed by atoms with Crippen LogP contribution in [0.4, 0.5) is 13.2 Å². The predicted molar refractivity (Wildman–Crippen MR) is 72.2 cm³/mol. The third-order valence-corrected chi connectivity index (χ3v) is 1.99. The van der Waals surface area contributed by atoms with Crippen molar-refractivity contribution in [1.82, 2.24) is 0 Å². The molecule has 0 N–H and O–H groups in total. The molecular formula is C14H16F3NO. The largest absolute Gasteiger partial charge is 0.573 e. The van der Waals surface area contributed by atoms with Gasteiger partial charge in [0.05, 0.1) is 5.70 Å². The van der Waals surface area contributed by atoms with Crippen molar-refractivity contribution < 1.29 is 17.9 Å². The van der Waals surface area contributed by atoms with Crippen molar-refractivity contribution in [3.63, 3.8) is 0 Å². The zero-order chi connectivity index (χ0) is 15.1. The summed E-state index contributed by atoms with van der Waals surface area (Å²) in [6.45, 7) is 13.1. The maximum atomic E-state index is 11.9. The molecule has 1 rings (SSSR count). The van der Waals surface area contributed by atoms with Gasteiger partial charge in [0, 0.05) is 5.56 Å². The second-order valence-electron chi connectivity index (χ2n) is 3.58. The maximum absolute atomic E-state index is 11.9. The fraction of sp³-hybridized carbons (Fsp3) is 0.214. The summed E-state index contributed by atoms with van der Waals surface area (Å²) in [4.78, 5) is 3.83. The summed E-state index contributed by atoms with van der Waals surface area (Å²) < 4.78 is 39.6.